The lowest BCUT2D eigenvalue weighted by atomic mass is 9.97. The Bertz CT molecular complexity index is 420. The Kier molecular flexibility index (Phi) is 5.83. The molecule has 1 saturated carbocycles. The smallest absolute Gasteiger partial charge is 0.0475 e. The van der Waals surface area contributed by atoms with E-state index in [1.165, 1.54) is 30.5 Å². The number of hydrogen-bond donors (Lipinski definition) is 1. The first-order chi connectivity index (χ1) is 10.0. The lowest BCUT2D eigenvalue weighted by Gasteiger charge is -2.37. The fourth-order valence-corrected chi connectivity index (χ4v) is 3.23. The summed E-state index contributed by atoms with van der Waals surface area (Å²) >= 11 is 0. The largest absolute Gasteiger partial charge is 0.309 e. The molecule has 2 heteroatoms. The molecule has 1 aliphatic carbocycles. The van der Waals surface area contributed by atoms with Crippen molar-refractivity contribution in [1.29, 1.82) is 0 Å². The molecule has 118 valence electrons. The Balaban J connectivity index is 2.16. The maximum absolute atomic E-state index is 3.71. The number of nitrogens with zero attached hydrogens (tertiary/aromatic N) is 1. The van der Waals surface area contributed by atoms with Crippen LogP contribution in [0.2, 0.25) is 0 Å². The molecule has 0 bridgehead atoms. The SMILES string of the molecule is CCNC(c1ccc(C)cc1)C(C)N(CC(C)C)C1CC1. The third-order valence-corrected chi connectivity index (χ3v) is 4.46. The van der Waals surface area contributed by atoms with Gasteiger partial charge in [-0.2, -0.15) is 0 Å². The second kappa shape index (κ2) is 7.42. The van der Waals surface area contributed by atoms with Gasteiger partial charge in [0.05, 0.1) is 0 Å². The van der Waals surface area contributed by atoms with Crippen molar-refractivity contribution in [2.24, 2.45) is 5.92 Å². The van der Waals surface area contributed by atoms with E-state index in [9.17, 15) is 0 Å². The number of hydrogen-bond acceptors (Lipinski definition) is 2. The van der Waals surface area contributed by atoms with E-state index in [-0.39, 0.29) is 0 Å². The second-order valence-electron chi connectivity index (χ2n) is 7.01. The third-order valence-electron chi connectivity index (χ3n) is 4.46. The standard InChI is InChI=1S/C19H32N2/c1-6-20-19(17-9-7-15(4)8-10-17)16(5)21(13-14(2)3)18-11-12-18/h7-10,14,16,18-20H,6,11-13H2,1-5H3. The summed E-state index contributed by atoms with van der Waals surface area (Å²) in [5.74, 6) is 0.730. The zero-order chi connectivity index (χ0) is 15.4. The molecule has 2 nitrogen and oxygen atoms in total. The molecule has 1 aromatic rings. The minimum Gasteiger partial charge on any atom is -0.309 e. The summed E-state index contributed by atoms with van der Waals surface area (Å²) in [5, 5.41) is 3.71. The first-order valence-electron chi connectivity index (χ1n) is 8.58. The van der Waals surface area contributed by atoms with Crippen molar-refractivity contribution in [3.8, 4) is 0 Å². The Hall–Kier alpha value is -0.860. The number of likely N-dealkylation sites (N-methyl/N-ethyl adjacent to an activating group) is 1. The molecule has 1 aliphatic rings. The predicted molar refractivity (Wildman–Crippen MR) is 91.6 cm³/mol. The van der Waals surface area contributed by atoms with Gasteiger partial charge in [-0.05, 0) is 44.7 Å². The fraction of sp³-hybridized carbons (Fsp3) is 0.684. The third kappa shape index (κ3) is 4.55. The summed E-state index contributed by atoms with van der Waals surface area (Å²) in [6.45, 7) is 13.6. The van der Waals surface area contributed by atoms with Crippen LogP contribution in [0, 0.1) is 12.8 Å². The molecule has 2 atom stereocenters. The van der Waals surface area contributed by atoms with E-state index >= 15 is 0 Å². The number of rotatable bonds is 8. The van der Waals surface area contributed by atoms with Crippen LogP contribution in [-0.2, 0) is 0 Å². The quantitative estimate of drug-likeness (QED) is 0.773. The van der Waals surface area contributed by atoms with Crippen molar-refractivity contribution in [2.75, 3.05) is 13.1 Å². The highest BCUT2D eigenvalue weighted by atomic mass is 15.2. The Morgan fingerprint density at radius 2 is 1.76 bits per heavy atom. The van der Waals surface area contributed by atoms with Gasteiger partial charge < -0.3 is 5.32 Å². The molecule has 1 aromatic carbocycles. The lowest BCUT2D eigenvalue weighted by Crippen LogP contribution is -2.45. The predicted octanol–water partition coefficient (Wildman–Crippen LogP) is 4.15. The zero-order valence-electron chi connectivity index (χ0n) is 14.4. The van der Waals surface area contributed by atoms with E-state index in [0.29, 0.717) is 12.1 Å². The molecule has 0 aliphatic heterocycles. The Morgan fingerprint density at radius 3 is 2.24 bits per heavy atom. The van der Waals surface area contributed by atoms with Gasteiger partial charge in [-0.15, -0.1) is 0 Å². The second-order valence-corrected chi connectivity index (χ2v) is 7.01. The van der Waals surface area contributed by atoms with E-state index < -0.39 is 0 Å². The van der Waals surface area contributed by atoms with Gasteiger partial charge in [0.15, 0.2) is 0 Å². The van der Waals surface area contributed by atoms with Crippen molar-refractivity contribution in [3.63, 3.8) is 0 Å². The molecule has 1 N–H and O–H groups in total. The molecule has 0 spiro atoms. The van der Waals surface area contributed by atoms with E-state index in [4.69, 9.17) is 0 Å². The van der Waals surface area contributed by atoms with Crippen molar-refractivity contribution in [2.45, 2.75) is 65.6 Å². The summed E-state index contributed by atoms with van der Waals surface area (Å²) < 4.78 is 0. The Morgan fingerprint density at radius 1 is 1.14 bits per heavy atom. The van der Waals surface area contributed by atoms with Crippen molar-refractivity contribution in [1.82, 2.24) is 10.2 Å². The molecule has 0 saturated heterocycles. The van der Waals surface area contributed by atoms with E-state index in [1.807, 2.05) is 0 Å². The molecule has 2 unspecified atom stereocenters. The molecule has 0 aromatic heterocycles. The van der Waals surface area contributed by atoms with Crippen molar-refractivity contribution >= 4 is 0 Å². The fourth-order valence-electron chi connectivity index (χ4n) is 3.23. The molecule has 21 heavy (non-hydrogen) atoms. The van der Waals surface area contributed by atoms with Crippen LogP contribution >= 0.6 is 0 Å². The molecule has 0 amide bonds. The summed E-state index contributed by atoms with van der Waals surface area (Å²) in [7, 11) is 0. The van der Waals surface area contributed by atoms with E-state index in [1.54, 1.807) is 0 Å². The van der Waals surface area contributed by atoms with Crippen molar-refractivity contribution < 1.29 is 0 Å². The van der Waals surface area contributed by atoms with Crippen molar-refractivity contribution in [3.05, 3.63) is 35.4 Å². The average molecular weight is 288 g/mol. The Labute approximate surface area is 130 Å². The first-order valence-corrected chi connectivity index (χ1v) is 8.58. The van der Waals surface area contributed by atoms with Crippen LogP contribution in [-0.4, -0.2) is 30.1 Å². The maximum atomic E-state index is 3.71. The number of benzene rings is 1. The summed E-state index contributed by atoms with van der Waals surface area (Å²) in [5.41, 5.74) is 2.76. The highest BCUT2D eigenvalue weighted by Gasteiger charge is 2.35. The van der Waals surface area contributed by atoms with Gasteiger partial charge in [0, 0.05) is 24.7 Å². The monoisotopic (exact) mass is 288 g/mol. The minimum atomic E-state index is 0.426. The van der Waals surface area contributed by atoms with Crippen LogP contribution in [0.25, 0.3) is 0 Å². The summed E-state index contributed by atoms with van der Waals surface area (Å²) in [6, 6.07) is 10.8. The van der Waals surface area contributed by atoms with Crippen LogP contribution in [0.1, 0.15) is 57.7 Å². The van der Waals surface area contributed by atoms with Gasteiger partial charge in [0.2, 0.25) is 0 Å². The van der Waals surface area contributed by atoms with E-state index in [0.717, 1.165) is 18.5 Å². The highest BCUT2D eigenvalue weighted by molar-refractivity contribution is 5.25. The molecule has 2 rings (SSSR count). The van der Waals surface area contributed by atoms with Gasteiger partial charge in [-0.3, -0.25) is 4.90 Å². The zero-order valence-corrected chi connectivity index (χ0v) is 14.4. The normalized spacial score (nSPS) is 18.2. The first kappa shape index (κ1) is 16.5. The van der Waals surface area contributed by atoms with Crippen LogP contribution in [0.3, 0.4) is 0 Å². The summed E-state index contributed by atoms with van der Waals surface area (Å²) in [6.07, 6.45) is 2.76. The molecule has 0 heterocycles. The molecular formula is C19H32N2. The van der Waals surface area contributed by atoms with Crippen LogP contribution < -0.4 is 5.32 Å². The molecule has 0 radical (unpaired) electrons. The maximum Gasteiger partial charge on any atom is 0.0475 e. The van der Waals surface area contributed by atoms with Crippen LogP contribution in [0.4, 0.5) is 0 Å². The van der Waals surface area contributed by atoms with Gasteiger partial charge >= 0.3 is 0 Å². The highest BCUT2D eigenvalue weighted by Crippen LogP contribution is 2.33. The minimum absolute atomic E-state index is 0.426. The van der Waals surface area contributed by atoms with Gasteiger partial charge in [-0.1, -0.05) is 50.6 Å². The number of nitrogens with one attached hydrogen (secondary N) is 1. The molecule has 1 fully saturated rings. The van der Waals surface area contributed by atoms with Gasteiger partial charge in [-0.25, -0.2) is 0 Å². The summed E-state index contributed by atoms with van der Waals surface area (Å²) in [4.78, 5) is 2.73. The van der Waals surface area contributed by atoms with Crippen LogP contribution in [0.15, 0.2) is 24.3 Å². The number of aryl methyl sites for hydroxylation is 1. The van der Waals surface area contributed by atoms with Crippen LogP contribution in [0.5, 0.6) is 0 Å². The topological polar surface area (TPSA) is 15.3 Å². The lowest BCUT2D eigenvalue weighted by molar-refractivity contribution is 0.143. The van der Waals surface area contributed by atoms with Gasteiger partial charge in [0.1, 0.15) is 0 Å². The molecular weight excluding hydrogens is 256 g/mol. The van der Waals surface area contributed by atoms with E-state index in [2.05, 4.69) is 69.1 Å². The van der Waals surface area contributed by atoms with Gasteiger partial charge in [0.25, 0.3) is 0 Å². The average Bonchev–Trinajstić information content (AvgIpc) is 3.27.